The molecule has 0 radical (unpaired) electrons. The lowest BCUT2D eigenvalue weighted by atomic mass is 10.4. The van der Waals surface area contributed by atoms with Gasteiger partial charge < -0.3 is 4.74 Å². The van der Waals surface area contributed by atoms with Gasteiger partial charge >= 0.3 is 0 Å². The fourth-order valence-electron chi connectivity index (χ4n) is 0.731. The van der Waals surface area contributed by atoms with Crippen molar-refractivity contribution in [3.8, 4) is 0 Å². The van der Waals surface area contributed by atoms with E-state index >= 15 is 0 Å². The summed E-state index contributed by atoms with van der Waals surface area (Å²) in [6.45, 7) is 9.51. The number of ether oxygens (including phenoxy) is 1. The maximum Gasteiger partial charge on any atom is 0.198 e. The summed E-state index contributed by atoms with van der Waals surface area (Å²) in [5.41, 5.74) is 1.09. The molecule has 0 bridgehead atoms. The zero-order valence-electron chi connectivity index (χ0n) is 7.70. The van der Waals surface area contributed by atoms with Crippen LogP contribution < -0.4 is 0 Å². The SMILES string of the molecule is C=C(C)COCCC[Si](C)(Br)Br. The Kier molecular flexibility index (Phi) is 6.81. The smallest absolute Gasteiger partial charge is 0.198 e. The highest BCUT2D eigenvalue weighted by molar-refractivity contribution is 9.51. The molecule has 0 aromatic rings. The number of hydrogen-bond acceptors (Lipinski definition) is 1. The second-order valence-corrected chi connectivity index (χ2v) is 19.5. The normalized spacial score (nSPS) is 11.7. The van der Waals surface area contributed by atoms with E-state index in [9.17, 15) is 0 Å². The van der Waals surface area contributed by atoms with Crippen molar-refractivity contribution in [3.05, 3.63) is 12.2 Å². The molecular weight excluding hydrogens is 300 g/mol. The summed E-state index contributed by atoms with van der Waals surface area (Å²) in [5.74, 6) is 0. The largest absolute Gasteiger partial charge is 0.377 e. The predicted molar refractivity (Wildman–Crippen MR) is 64.5 cm³/mol. The summed E-state index contributed by atoms with van der Waals surface area (Å²) in [7, 11) is 0. The van der Waals surface area contributed by atoms with Crippen LogP contribution in [0.15, 0.2) is 12.2 Å². The highest BCUT2D eigenvalue weighted by Crippen LogP contribution is 2.25. The van der Waals surface area contributed by atoms with Crippen molar-refractivity contribution in [2.45, 2.75) is 25.9 Å². The van der Waals surface area contributed by atoms with Crippen LogP contribution in [0.3, 0.4) is 0 Å². The molecule has 4 heteroatoms. The fraction of sp³-hybridized carbons (Fsp3) is 0.750. The molecule has 72 valence electrons. The Morgan fingerprint density at radius 1 is 1.50 bits per heavy atom. The molecule has 1 nitrogen and oxygen atoms in total. The van der Waals surface area contributed by atoms with Crippen LogP contribution >= 0.6 is 30.6 Å². The van der Waals surface area contributed by atoms with Crippen LogP contribution in [0.2, 0.25) is 12.6 Å². The van der Waals surface area contributed by atoms with E-state index in [-0.39, 0.29) is 0 Å². The van der Waals surface area contributed by atoms with Gasteiger partial charge in [-0.3, -0.25) is 0 Å². The third-order valence-electron chi connectivity index (χ3n) is 1.25. The first-order valence-corrected chi connectivity index (χ1v) is 11.2. The van der Waals surface area contributed by atoms with E-state index in [1.54, 1.807) is 0 Å². The summed E-state index contributed by atoms with van der Waals surface area (Å²) in [6, 6.07) is 1.20. The summed E-state index contributed by atoms with van der Waals surface area (Å²) >= 11 is 7.28. The highest BCUT2D eigenvalue weighted by Gasteiger charge is 2.17. The minimum atomic E-state index is -1.21. The molecule has 0 N–H and O–H groups in total. The van der Waals surface area contributed by atoms with Gasteiger partial charge in [0.15, 0.2) is 5.31 Å². The van der Waals surface area contributed by atoms with E-state index in [0.717, 1.165) is 18.6 Å². The van der Waals surface area contributed by atoms with Gasteiger partial charge in [0, 0.05) is 6.61 Å². The van der Waals surface area contributed by atoms with Crippen LogP contribution in [0.4, 0.5) is 0 Å². The molecule has 0 aromatic heterocycles. The van der Waals surface area contributed by atoms with Gasteiger partial charge in [0.2, 0.25) is 0 Å². The second kappa shape index (κ2) is 6.35. The van der Waals surface area contributed by atoms with Gasteiger partial charge in [0.25, 0.3) is 0 Å². The van der Waals surface area contributed by atoms with Gasteiger partial charge in [-0.05, 0) is 19.4 Å². The molecule has 0 saturated heterocycles. The van der Waals surface area contributed by atoms with Crippen LogP contribution in [0, 0.1) is 0 Å². The van der Waals surface area contributed by atoms with Gasteiger partial charge in [-0.2, -0.15) is 0 Å². The number of hydrogen-bond donors (Lipinski definition) is 0. The highest BCUT2D eigenvalue weighted by atomic mass is 79.9. The average molecular weight is 316 g/mol. The van der Waals surface area contributed by atoms with Crippen molar-refractivity contribution >= 4 is 35.9 Å². The van der Waals surface area contributed by atoms with Crippen LogP contribution in [0.5, 0.6) is 0 Å². The lowest BCUT2D eigenvalue weighted by molar-refractivity contribution is 0.157. The van der Waals surface area contributed by atoms with Gasteiger partial charge in [-0.15, -0.1) is 30.6 Å². The van der Waals surface area contributed by atoms with Crippen molar-refractivity contribution in [1.29, 1.82) is 0 Å². The van der Waals surface area contributed by atoms with Crippen LogP contribution in [-0.4, -0.2) is 18.5 Å². The molecule has 0 amide bonds. The van der Waals surface area contributed by atoms with Crippen LogP contribution in [-0.2, 0) is 4.74 Å². The first kappa shape index (κ1) is 12.9. The molecular formula is C8H16Br2OSi. The molecule has 0 saturated carbocycles. The maximum atomic E-state index is 5.37. The Balaban J connectivity index is 3.17. The lowest BCUT2D eigenvalue weighted by Gasteiger charge is -2.10. The fourth-order valence-corrected chi connectivity index (χ4v) is 3.18. The van der Waals surface area contributed by atoms with E-state index < -0.39 is 5.31 Å². The molecule has 0 atom stereocenters. The molecule has 0 fully saturated rings. The molecule has 0 unspecified atom stereocenters. The van der Waals surface area contributed by atoms with E-state index in [2.05, 4.69) is 43.7 Å². The van der Waals surface area contributed by atoms with E-state index in [4.69, 9.17) is 4.74 Å². The van der Waals surface area contributed by atoms with E-state index in [0.29, 0.717) is 6.61 Å². The third-order valence-corrected chi connectivity index (χ3v) is 4.86. The molecule has 0 rings (SSSR count). The van der Waals surface area contributed by atoms with Gasteiger partial charge in [0.1, 0.15) is 0 Å². The molecule has 0 aromatic carbocycles. The zero-order valence-corrected chi connectivity index (χ0v) is 11.9. The Morgan fingerprint density at radius 2 is 2.08 bits per heavy atom. The molecule has 0 spiro atoms. The van der Waals surface area contributed by atoms with Gasteiger partial charge in [0.05, 0.1) is 6.61 Å². The van der Waals surface area contributed by atoms with Crippen molar-refractivity contribution < 1.29 is 4.74 Å². The Labute approximate surface area is 91.7 Å². The van der Waals surface area contributed by atoms with Crippen molar-refractivity contribution in [3.63, 3.8) is 0 Å². The second-order valence-electron chi connectivity index (χ2n) is 3.18. The Morgan fingerprint density at radius 3 is 2.50 bits per heavy atom. The van der Waals surface area contributed by atoms with E-state index in [1.807, 2.05) is 6.92 Å². The van der Waals surface area contributed by atoms with E-state index in [1.165, 1.54) is 6.04 Å². The Hall–Kier alpha value is 0.877. The Bertz CT molecular complexity index is 142. The van der Waals surface area contributed by atoms with Gasteiger partial charge in [-0.25, -0.2) is 0 Å². The molecule has 0 heterocycles. The lowest BCUT2D eigenvalue weighted by Crippen LogP contribution is -2.11. The minimum Gasteiger partial charge on any atom is -0.377 e. The number of halogens is 2. The predicted octanol–water partition coefficient (Wildman–Crippen LogP) is 3.83. The standard InChI is InChI=1S/C8H16Br2OSi/c1-8(2)7-11-5-4-6-12(3,9)10/h1,4-7H2,2-3H3. The van der Waals surface area contributed by atoms with Crippen LogP contribution in [0.1, 0.15) is 13.3 Å². The van der Waals surface area contributed by atoms with Crippen molar-refractivity contribution in [1.82, 2.24) is 0 Å². The first-order valence-electron chi connectivity index (χ1n) is 4.02. The monoisotopic (exact) mass is 314 g/mol. The summed E-state index contributed by atoms with van der Waals surface area (Å²) < 4.78 is 5.37. The number of rotatable bonds is 6. The molecule has 0 aliphatic carbocycles. The first-order chi connectivity index (χ1) is 5.42. The maximum absolute atomic E-state index is 5.37. The van der Waals surface area contributed by atoms with Gasteiger partial charge in [-0.1, -0.05) is 18.7 Å². The topological polar surface area (TPSA) is 9.23 Å². The van der Waals surface area contributed by atoms with Crippen molar-refractivity contribution in [2.24, 2.45) is 0 Å². The summed E-state index contributed by atoms with van der Waals surface area (Å²) in [6.07, 6.45) is 1.12. The minimum absolute atomic E-state index is 0.697. The average Bonchev–Trinajstić information content (AvgIpc) is 1.83. The summed E-state index contributed by atoms with van der Waals surface area (Å²) in [5, 5.41) is -1.21. The van der Waals surface area contributed by atoms with Crippen LogP contribution in [0.25, 0.3) is 0 Å². The van der Waals surface area contributed by atoms with Crippen molar-refractivity contribution in [2.75, 3.05) is 13.2 Å². The zero-order chi connectivity index (χ0) is 9.61. The summed E-state index contributed by atoms with van der Waals surface area (Å²) in [4.78, 5) is 0. The molecule has 0 aliphatic heterocycles. The molecule has 0 aliphatic rings. The third kappa shape index (κ3) is 10.9. The molecule has 12 heavy (non-hydrogen) atoms. The quantitative estimate of drug-likeness (QED) is 0.313.